The van der Waals surface area contributed by atoms with E-state index < -0.39 is 10.0 Å². The Morgan fingerprint density at radius 1 is 1.05 bits per heavy atom. The summed E-state index contributed by atoms with van der Waals surface area (Å²) in [6, 6.07) is 12.8. The highest BCUT2D eigenvalue weighted by atomic mass is 35.5. The summed E-state index contributed by atoms with van der Waals surface area (Å²) in [6.45, 7) is 0. The zero-order valence-corrected chi connectivity index (χ0v) is 11.7. The summed E-state index contributed by atoms with van der Waals surface area (Å²) in [6.07, 6.45) is 0. The van der Waals surface area contributed by atoms with Gasteiger partial charge in [0, 0.05) is 0 Å². The van der Waals surface area contributed by atoms with Crippen LogP contribution in [0.4, 0.5) is 5.69 Å². The van der Waals surface area contributed by atoms with Gasteiger partial charge in [0.25, 0.3) is 10.0 Å². The highest BCUT2D eigenvalue weighted by Gasteiger charge is 2.15. The van der Waals surface area contributed by atoms with Crippen LogP contribution in [-0.4, -0.2) is 15.5 Å². The molecular formula is C13H12ClNO3S. The molecule has 0 unspecified atom stereocenters. The molecule has 0 spiro atoms. The lowest BCUT2D eigenvalue weighted by Crippen LogP contribution is -2.13. The van der Waals surface area contributed by atoms with Crippen molar-refractivity contribution in [3.63, 3.8) is 0 Å². The summed E-state index contributed by atoms with van der Waals surface area (Å²) in [5.41, 5.74) is 0.347. The van der Waals surface area contributed by atoms with Gasteiger partial charge in [0.2, 0.25) is 0 Å². The highest BCUT2D eigenvalue weighted by molar-refractivity contribution is 7.92. The Labute approximate surface area is 117 Å². The van der Waals surface area contributed by atoms with Crippen LogP contribution in [0, 0.1) is 0 Å². The molecule has 6 heteroatoms. The number of rotatable bonds is 4. The molecule has 19 heavy (non-hydrogen) atoms. The Hall–Kier alpha value is -1.72. The molecule has 0 fully saturated rings. The third kappa shape index (κ3) is 3.19. The van der Waals surface area contributed by atoms with E-state index in [1.54, 1.807) is 36.4 Å². The summed E-state index contributed by atoms with van der Waals surface area (Å²) in [5.74, 6) is 0.594. The summed E-state index contributed by atoms with van der Waals surface area (Å²) >= 11 is 5.92. The molecule has 0 bridgehead atoms. The van der Waals surface area contributed by atoms with Crippen LogP contribution in [0.1, 0.15) is 0 Å². The van der Waals surface area contributed by atoms with Gasteiger partial charge in [-0.05, 0) is 36.4 Å². The molecule has 0 aromatic heterocycles. The van der Waals surface area contributed by atoms with Gasteiger partial charge in [-0.1, -0.05) is 23.7 Å². The van der Waals surface area contributed by atoms with Crippen LogP contribution >= 0.6 is 11.6 Å². The van der Waals surface area contributed by atoms with E-state index in [1.165, 1.54) is 19.2 Å². The lowest BCUT2D eigenvalue weighted by Gasteiger charge is -2.09. The smallest absolute Gasteiger partial charge is 0.261 e. The Bertz CT molecular complexity index is 669. The number of sulfonamides is 1. The predicted molar refractivity (Wildman–Crippen MR) is 75.3 cm³/mol. The second-order valence-corrected chi connectivity index (χ2v) is 5.85. The molecule has 0 aliphatic heterocycles. The number of ether oxygens (including phenoxy) is 1. The lowest BCUT2D eigenvalue weighted by atomic mass is 10.3. The summed E-state index contributed by atoms with van der Waals surface area (Å²) in [4.78, 5) is 0.146. The van der Waals surface area contributed by atoms with Crippen molar-refractivity contribution in [1.82, 2.24) is 0 Å². The minimum atomic E-state index is -3.65. The fourth-order valence-electron chi connectivity index (χ4n) is 1.50. The molecule has 2 aromatic carbocycles. The van der Waals surface area contributed by atoms with E-state index in [1.807, 2.05) is 0 Å². The summed E-state index contributed by atoms with van der Waals surface area (Å²) < 4.78 is 31.7. The molecule has 0 aliphatic carbocycles. The van der Waals surface area contributed by atoms with Crippen LogP contribution in [0.3, 0.4) is 0 Å². The summed E-state index contributed by atoms with van der Waals surface area (Å²) in [5, 5.41) is 0.347. The van der Waals surface area contributed by atoms with Crippen molar-refractivity contribution in [2.24, 2.45) is 0 Å². The molecule has 0 saturated heterocycles. The van der Waals surface area contributed by atoms with Crippen molar-refractivity contribution >= 4 is 27.3 Å². The van der Waals surface area contributed by atoms with Gasteiger partial charge >= 0.3 is 0 Å². The molecule has 1 N–H and O–H groups in total. The van der Waals surface area contributed by atoms with Crippen molar-refractivity contribution < 1.29 is 13.2 Å². The molecule has 0 aliphatic rings. The Morgan fingerprint density at radius 3 is 2.26 bits per heavy atom. The van der Waals surface area contributed by atoms with E-state index in [2.05, 4.69) is 4.72 Å². The van der Waals surface area contributed by atoms with Crippen LogP contribution in [0.15, 0.2) is 53.4 Å². The predicted octanol–water partition coefficient (Wildman–Crippen LogP) is 3.15. The largest absolute Gasteiger partial charge is 0.497 e. The van der Waals surface area contributed by atoms with Crippen molar-refractivity contribution in [2.45, 2.75) is 4.90 Å². The lowest BCUT2D eigenvalue weighted by molar-refractivity contribution is 0.414. The van der Waals surface area contributed by atoms with Gasteiger partial charge in [0.05, 0.1) is 22.7 Å². The number of hydrogen-bond acceptors (Lipinski definition) is 3. The highest BCUT2D eigenvalue weighted by Crippen LogP contribution is 2.24. The molecule has 2 rings (SSSR count). The Kier molecular flexibility index (Phi) is 3.97. The van der Waals surface area contributed by atoms with Gasteiger partial charge < -0.3 is 4.74 Å². The summed E-state index contributed by atoms with van der Waals surface area (Å²) in [7, 11) is -2.13. The standard InChI is InChI=1S/C13H12ClNO3S/c1-18-10-6-8-11(9-7-10)19(16,17)15-13-5-3-2-4-12(13)14/h2-9,15H,1H3. The molecule has 100 valence electrons. The molecular weight excluding hydrogens is 286 g/mol. The maximum absolute atomic E-state index is 12.1. The minimum absolute atomic E-state index is 0.146. The number of halogens is 1. The van der Waals surface area contributed by atoms with Gasteiger partial charge in [0.1, 0.15) is 5.75 Å². The normalized spacial score (nSPS) is 11.1. The molecule has 0 radical (unpaired) electrons. The van der Waals surface area contributed by atoms with Crippen LogP contribution in [0.25, 0.3) is 0 Å². The van der Waals surface area contributed by atoms with Crippen molar-refractivity contribution in [3.8, 4) is 5.75 Å². The first-order valence-electron chi connectivity index (χ1n) is 5.44. The molecule has 0 saturated carbocycles. The fraction of sp³-hybridized carbons (Fsp3) is 0.0769. The number of para-hydroxylation sites is 1. The second-order valence-electron chi connectivity index (χ2n) is 3.76. The van der Waals surface area contributed by atoms with Crippen molar-refractivity contribution in [3.05, 3.63) is 53.6 Å². The number of anilines is 1. The molecule has 0 amide bonds. The third-order valence-corrected chi connectivity index (χ3v) is 4.20. The van der Waals surface area contributed by atoms with E-state index in [9.17, 15) is 8.42 Å². The van der Waals surface area contributed by atoms with Crippen molar-refractivity contribution in [2.75, 3.05) is 11.8 Å². The zero-order chi connectivity index (χ0) is 13.9. The van der Waals surface area contributed by atoms with E-state index in [0.29, 0.717) is 16.5 Å². The molecule has 2 aromatic rings. The average Bonchev–Trinajstić information content (AvgIpc) is 2.41. The van der Waals surface area contributed by atoms with Crippen LogP contribution in [-0.2, 0) is 10.0 Å². The van der Waals surface area contributed by atoms with Crippen molar-refractivity contribution in [1.29, 1.82) is 0 Å². The monoisotopic (exact) mass is 297 g/mol. The SMILES string of the molecule is COc1ccc(S(=O)(=O)Nc2ccccc2Cl)cc1. The quantitative estimate of drug-likeness (QED) is 0.943. The Balaban J connectivity index is 2.30. The Morgan fingerprint density at radius 2 is 1.68 bits per heavy atom. The van der Waals surface area contributed by atoms with E-state index in [0.717, 1.165) is 0 Å². The zero-order valence-electron chi connectivity index (χ0n) is 10.1. The first kappa shape index (κ1) is 13.7. The third-order valence-electron chi connectivity index (χ3n) is 2.49. The van der Waals surface area contributed by atoms with Gasteiger partial charge in [-0.25, -0.2) is 8.42 Å². The van der Waals surface area contributed by atoms with Crippen LogP contribution < -0.4 is 9.46 Å². The van der Waals surface area contributed by atoms with E-state index >= 15 is 0 Å². The second kappa shape index (κ2) is 5.50. The van der Waals surface area contributed by atoms with Gasteiger partial charge in [-0.15, -0.1) is 0 Å². The molecule has 0 heterocycles. The number of methoxy groups -OCH3 is 1. The van der Waals surface area contributed by atoms with Gasteiger partial charge in [-0.2, -0.15) is 0 Å². The fourth-order valence-corrected chi connectivity index (χ4v) is 2.82. The van der Waals surface area contributed by atoms with E-state index in [-0.39, 0.29) is 4.90 Å². The average molecular weight is 298 g/mol. The number of benzene rings is 2. The first-order valence-corrected chi connectivity index (χ1v) is 7.30. The van der Waals surface area contributed by atoms with Crippen LogP contribution in [0.2, 0.25) is 5.02 Å². The maximum Gasteiger partial charge on any atom is 0.261 e. The van der Waals surface area contributed by atoms with Gasteiger partial charge in [0.15, 0.2) is 0 Å². The minimum Gasteiger partial charge on any atom is -0.497 e. The first-order chi connectivity index (χ1) is 9.03. The number of hydrogen-bond donors (Lipinski definition) is 1. The van der Waals surface area contributed by atoms with Gasteiger partial charge in [-0.3, -0.25) is 4.72 Å². The molecule has 4 nitrogen and oxygen atoms in total. The van der Waals surface area contributed by atoms with Crippen LogP contribution in [0.5, 0.6) is 5.75 Å². The topological polar surface area (TPSA) is 55.4 Å². The molecule has 0 atom stereocenters. The van der Waals surface area contributed by atoms with E-state index in [4.69, 9.17) is 16.3 Å². The maximum atomic E-state index is 12.1. The number of nitrogens with one attached hydrogen (secondary N) is 1.